The fourth-order valence-electron chi connectivity index (χ4n) is 3.49. The van der Waals surface area contributed by atoms with Gasteiger partial charge in [0.25, 0.3) is 0 Å². The molecule has 2 aromatic rings. The summed E-state index contributed by atoms with van der Waals surface area (Å²) >= 11 is 0. The van der Waals surface area contributed by atoms with Gasteiger partial charge in [-0.05, 0) is 71.4 Å². The summed E-state index contributed by atoms with van der Waals surface area (Å²) in [5.74, 6) is 6.56. The molecule has 0 spiro atoms. The van der Waals surface area contributed by atoms with Crippen LogP contribution in [-0.4, -0.2) is 10.1 Å². The topological polar surface area (TPSA) is 33.1 Å². The maximum absolute atomic E-state index is 9.45. The molecular formula is C22H25NO. The van der Waals surface area contributed by atoms with Gasteiger partial charge in [-0.1, -0.05) is 39.7 Å². The summed E-state index contributed by atoms with van der Waals surface area (Å²) in [6, 6.07) is 8.30. The smallest absolute Gasteiger partial charge is 0.134 e. The average Bonchev–Trinajstić information content (AvgIpc) is 2.51. The number of hydrogen-bond acceptors (Lipinski definition) is 2. The second-order valence-corrected chi connectivity index (χ2v) is 8.14. The lowest BCUT2D eigenvalue weighted by atomic mass is 9.63. The maximum Gasteiger partial charge on any atom is 0.134 e. The minimum atomic E-state index is 0.177. The fraction of sp³-hybridized carbons (Fsp3) is 0.409. The lowest BCUT2D eigenvalue weighted by Gasteiger charge is -2.41. The third kappa shape index (κ3) is 3.04. The highest BCUT2D eigenvalue weighted by Crippen LogP contribution is 2.45. The van der Waals surface area contributed by atoms with Crippen molar-refractivity contribution in [3.8, 4) is 17.6 Å². The fourth-order valence-corrected chi connectivity index (χ4v) is 3.49. The van der Waals surface area contributed by atoms with Crippen LogP contribution in [0.5, 0.6) is 5.75 Å². The minimum Gasteiger partial charge on any atom is -0.506 e. The Morgan fingerprint density at radius 3 is 2.29 bits per heavy atom. The molecule has 0 radical (unpaired) electrons. The Morgan fingerprint density at radius 1 is 0.958 bits per heavy atom. The number of aromatic hydroxyl groups is 1. The van der Waals surface area contributed by atoms with Crippen molar-refractivity contribution in [2.45, 2.75) is 58.3 Å². The van der Waals surface area contributed by atoms with Gasteiger partial charge in [0.15, 0.2) is 0 Å². The van der Waals surface area contributed by atoms with Crippen LogP contribution in [0, 0.1) is 18.8 Å². The van der Waals surface area contributed by atoms with Crippen LogP contribution in [0.15, 0.2) is 30.5 Å². The average molecular weight is 319 g/mol. The molecule has 2 nitrogen and oxygen atoms in total. The van der Waals surface area contributed by atoms with Gasteiger partial charge in [0, 0.05) is 5.56 Å². The number of rotatable bonds is 0. The standard InChI is InChI=1S/C22H25NO/c1-15-12-17(24)14-23-20(15)9-7-16-6-8-18-19(13-16)22(4,5)11-10-21(18,2)3/h6,8,12-14,24H,10-11H2,1-5H3. The van der Waals surface area contributed by atoms with E-state index in [1.807, 2.05) is 6.92 Å². The third-order valence-corrected chi connectivity index (χ3v) is 5.24. The van der Waals surface area contributed by atoms with Gasteiger partial charge >= 0.3 is 0 Å². The van der Waals surface area contributed by atoms with Gasteiger partial charge in [-0.25, -0.2) is 4.98 Å². The van der Waals surface area contributed by atoms with E-state index in [1.54, 1.807) is 6.07 Å². The van der Waals surface area contributed by atoms with Crippen LogP contribution in [0.3, 0.4) is 0 Å². The largest absolute Gasteiger partial charge is 0.506 e. The van der Waals surface area contributed by atoms with Crippen molar-refractivity contribution in [2.75, 3.05) is 0 Å². The Labute approximate surface area is 145 Å². The van der Waals surface area contributed by atoms with E-state index in [1.165, 1.54) is 30.2 Å². The Balaban J connectivity index is 2.02. The van der Waals surface area contributed by atoms with Crippen molar-refractivity contribution in [1.82, 2.24) is 4.98 Å². The molecule has 1 aliphatic carbocycles. The lowest BCUT2D eigenvalue weighted by molar-refractivity contribution is 0.332. The first-order valence-corrected chi connectivity index (χ1v) is 8.52. The molecule has 0 bridgehead atoms. The first kappa shape index (κ1) is 16.6. The Bertz CT molecular complexity index is 850. The summed E-state index contributed by atoms with van der Waals surface area (Å²) in [5, 5.41) is 9.45. The van der Waals surface area contributed by atoms with Crippen molar-refractivity contribution < 1.29 is 5.11 Å². The molecule has 1 aromatic heterocycles. The van der Waals surface area contributed by atoms with Crippen LogP contribution in [0.2, 0.25) is 0 Å². The number of aryl methyl sites for hydroxylation is 1. The molecule has 0 unspecified atom stereocenters. The highest BCUT2D eigenvalue weighted by Gasteiger charge is 2.36. The second kappa shape index (κ2) is 5.67. The van der Waals surface area contributed by atoms with Crippen LogP contribution in [0.1, 0.15) is 68.5 Å². The first-order chi connectivity index (χ1) is 11.2. The van der Waals surface area contributed by atoms with E-state index >= 15 is 0 Å². The monoisotopic (exact) mass is 319 g/mol. The molecule has 1 aliphatic rings. The van der Waals surface area contributed by atoms with Gasteiger partial charge in [-0.2, -0.15) is 0 Å². The number of fused-ring (bicyclic) bond motifs is 1. The zero-order valence-corrected chi connectivity index (χ0v) is 15.2. The van der Waals surface area contributed by atoms with Crippen molar-refractivity contribution >= 4 is 0 Å². The number of benzene rings is 1. The molecular weight excluding hydrogens is 294 g/mol. The van der Waals surface area contributed by atoms with Crippen LogP contribution in [-0.2, 0) is 10.8 Å². The summed E-state index contributed by atoms with van der Waals surface area (Å²) in [6.07, 6.45) is 3.85. The first-order valence-electron chi connectivity index (χ1n) is 8.52. The van der Waals surface area contributed by atoms with Crippen molar-refractivity contribution in [3.63, 3.8) is 0 Å². The molecule has 1 heterocycles. The highest BCUT2D eigenvalue weighted by atomic mass is 16.3. The van der Waals surface area contributed by atoms with Gasteiger partial charge in [0.1, 0.15) is 11.4 Å². The highest BCUT2D eigenvalue weighted by molar-refractivity contribution is 5.50. The van der Waals surface area contributed by atoms with Gasteiger partial charge < -0.3 is 5.11 Å². The third-order valence-electron chi connectivity index (χ3n) is 5.24. The Kier molecular flexibility index (Phi) is 3.92. The number of aromatic nitrogens is 1. The SMILES string of the molecule is Cc1cc(O)cnc1C#Cc1ccc2c(c1)C(C)(C)CCC2(C)C. The zero-order valence-electron chi connectivity index (χ0n) is 15.2. The summed E-state index contributed by atoms with van der Waals surface area (Å²) in [5.41, 5.74) is 5.91. The van der Waals surface area contributed by atoms with E-state index in [4.69, 9.17) is 0 Å². The Hall–Kier alpha value is -2.27. The van der Waals surface area contributed by atoms with E-state index < -0.39 is 0 Å². The van der Waals surface area contributed by atoms with Gasteiger partial charge in [0.05, 0.1) is 6.20 Å². The minimum absolute atomic E-state index is 0.177. The Morgan fingerprint density at radius 2 is 1.62 bits per heavy atom. The predicted octanol–water partition coefficient (Wildman–Crippen LogP) is 4.84. The zero-order chi connectivity index (χ0) is 17.5. The summed E-state index contributed by atoms with van der Waals surface area (Å²) in [4.78, 5) is 4.21. The molecule has 24 heavy (non-hydrogen) atoms. The molecule has 3 rings (SSSR count). The molecule has 0 saturated carbocycles. The van der Waals surface area contributed by atoms with Crippen LogP contribution in [0.4, 0.5) is 0 Å². The predicted molar refractivity (Wildman–Crippen MR) is 98.3 cm³/mol. The molecule has 0 atom stereocenters. The molecule has 0 aliphatic heterocycles. The van der Waals surface area contributed by atoms with Crippen LogP contribution < -0.4 is 0 Å². The van der Waals surface area contributed by atoms with Gasteiger partial charge in [0.2, 0.25) is 0 Å². The lowest BCUT2D eigenvalue weighted by Crippen LogP contribution is -2.33. The van der Waals surface area contributed by atoms with Crippen molar-refractivity contribution in [3.05, 3.63) is 58.4 Å². The normalized spacial score (nSPS) is 17.5. The molecule has 1 aromatic carbocycles. The number of nitrogens with zero attached hydrogens (tertiary/aromatic N) is 1. The number of pyridine rings is 1. The summed E-state index contributed by atoms with van der Waals surface area (Å²) in [6.45, 7) is 11.2. The van der Waals surface area contributed by atoms with Crippen LogP contribution >= 0.6 is 0 Å². The molecule has 0 fully saturated rings. The van der Waals surface area contributed by atoms with Gasteiger partial charge in [-0.15, -0.1) is 0 Å². The van der Waals surface area contributed by atoms with Crippen molar-refractivity contribution in [2.24, 2.45) is 0 Å². The quantitative estimate of drug-likeness (QED) is 0.705. The molecule has 2 heteroatoms. The van der Waals surface area contributed by atoms with E-state index in [9.17, 15) is 5.11 Å². The van der Waals surface area contributed by atoms with E-state index in [0.717, 1.165) is 11.1 Å². The number of hydrogen-bond donors (Lipinski definition) is 1. The van der Waals surface area contributed by atoms with Gasteiger partial charge in [-0.3, -0.25) is 0 Å². The molecule has 0 saturated heterocycles. The van der Waals surface area contributed by atoms with E-state index in [2.05, 4.69) is 62.7 Å². The summed E-state index contributed by atoms with van der Waals surface area (Å²) in [7, 11) is 0. The van der Waals surface area contributed by atoms with E-state index in [0.29, 0.717) is 5.69 Å². The second-order valence-electron chi connectivity index (χ2n) is 8.14. The van der Waals surface area contributed by atoms with E-state index in [-0.39, 0.29) is 16.6 Å². The molecule has 1 N–H and O–H groups in total. The van der Waals surface area contributed by atoms with Crippen LogP contribution in [0.25, 0.3) is 0 Å². The van der Waals surface area contributed by atoms with Crippen molar-refractivity contribution in [1.29, 1.82) is 0 Å². The molecule has 124 valence electrons. The maximum atomic E-state index is 9.45. The molecule has 0 amide bonds. The summed E-state index contributed by atoms with van der Waals surface area (Å²) < 4.78 is 0.